The third-order valence-corrected chi connectivity index (χ3v) is 5.60. The molecule has 4 rings (SSSR count). The number of carbonyl (C=O) groups is 1. The van der Waals surface area contributed by atoms with Crippen molar-refractivity contribution in [2.75, 3.05) is 5.32 Å². The van der Waals surface area contributed by atoms with E-state index >= 15 is 0 Å². The SMILES string of the molecule is O=C(Nc1nccs1)c1cc2sccc2n1Cc1ccccc1Cl. The standard InChI is InChI=1S/C17H12ClN3OS2/c18-12-4-2-1-3-11(12)10-21-13-5-7-23-15(13)9-14(21)16(22)20-17-19-6-8-24-17/h1-9H,10H2,(H,19,20,22). The Morgan fingerprint density at radius 2 is 2.08 bits per heavy atom. The Kier molecular flexibility index (Phi) is 4.10. The highest BCUT2D eigenvalue weighted by molar-refractivity contribution is 7.17. The van der Waals surface area contributed by atoms with Crippen LogP contribution in [-0.2, 0) is 6.54 Å². The Morgan fingerprint density at radius 1 is 1.21 bits per heavy atom. The first-order valence-electron chi connectivity index (χ1n) is 7.23. The maximum absolute atomic E-state index is 12.7. The van der Waals surface area contributed by atoms with E-state index in [0.717, 1.165) is 15.8 Å². The van der Waals surface area contributed by atoms with Gasteiger partial charge in [-0.3, -0.25) is 10.1 Å². The number of thiazole rings is 1. The molecule has 7 heteroatoms. The topological polar surface area (TPSA) is 46.9 Å². The number of halogens is 1. The first-order chi connectivity index (χ1) is 11.7. The molecule has 4 nitrogen and oxygen atoms in total. The number of nitrogens with zero attached hydrogens (tertiary/aromatic N) is 2. The van der Waals surface area contributed by atoms with Crippen LogP contribution in [0.4, 0.5) is 5.13 Å². The van der Waals surface area contributed by atoms with Crippen LogP contribution >= 0.6 is 34.3 Å². The zero-order valence-electron chi connectivity index (χ0n) is 12.4. The average Bonchev–Trinajstić information content (AvgIpc) is 3.28. The van der Waals surface area contributed by atoms with Gasteiger partial charge in [-0.1, -0.05) is 29.8 Å². The lowest BCUT2D eigenvalue weighted by molar-refractivity contribution is 0.101. The minimum absolute atomic E-state index is 0.166. The molecule has 0 saturated carbocycles. The van der Waals surface area contributed by atoms with E-state index in [1.165, 1.54) is 11.3 Å². The second kappa shape index (κ2) is 6.39. The molecule has 4 aromatic rings. The molecule has 0 bridgehead atoms. The van der Waals surface area contributed by atoms with E-state index in [4.69, 9.17) is 11.6 Å². The molecular weight excluding hydrogens is 362 g/mol. The maximum Gasteiger partial charge on any atom is 0.274 e. The van der Waals surface area contributed by atoms with E-state index in [1.54, 1.807) is 17.5 Å². The summed E-state index contributed by atoms with van der Waals surface area (Å²) >= 11 is 9.31. The zero-order valence-corrected chi connectivity index (χ0v) is 14.8. The van der Waals surface area contributed by atoms with Gasteiger partial charge in [0.05, 0.1) is 10.2 Å². The second-order valence-corrected chi connectivity index (χ2v) is 7.42. The molecule has 0 unspecified atom stereocenters. The number of thiophene rings is 1. The van der Waals surface area contributed by atoms with Crippen molar-refractivity contribution in [3.05, 3.63) is 69.6 Å². The minimum atomic E-state index is -0.166. The lowest BCUT2D eigenvalue weighted by Gasteiger charge is -2.11. The van der Waals surface area contributed by atoms with Crippen LogP contribution in [-0.4, -0.2) is 15.5 Å². The molecule has 0 aliphatic rings. The van der Waals surface area contributed by atoms with Gasteiger partial charge in [-0.05, 0) is 29.1 Å². The van der Waals surface area contributed by atoms with Gasteiger partial charge in [0.1, 0.15) is 5.69 Å². The fraction of sp³-hybridized carbons (Fsp3) is 0.0588. The summed E-state index contributed by atoms with van der Waals surface area (Å²) in [7, 11) is 0. The summed E-state index contributed by atoms with van der Waals surface area (Å²) in [6.07, 6.45) is 1.67. The quantitative estimate of drug-likeness (QED) is 0.540. The molecule has 0 saturated heterocycles. The van der Waals surface area contributed by atoms with Crippen molar-refractivity contribution in [1.82, 2.24) is 9.55 Å². The molecule has 1 N–H and O–H groups in total. The number of nitrogens with one attached hydrogen (secondary N) is 1. The number of anilines is 1. The predicted molar refractivity (Wildman–Crippen MR) is 100 cm³/mol. The van der Waals surface area contributed by atoms with Gasteiger partial charge in [-0.15, -0.1) is 22.7 Å². The van der Waals surface area contributed by atoms with Gasteiger partial charge in [0.2, 0.25) is 0 Å². The Balaban J connectivity index is 1.74. The molecule has 3 heterocycles. The lowest BCUT2D eigenvalue weighted by atomic mass is 10.2. The normalized spacial score (nSPS) is 11.0. The van der Waals surface area contributed by atoms with Gasteiger partial charge in [-0.25, -0.2) is 4.98 Å². The molecule has 3 aromatic heterocycles. The van der Waals surface area contributed by atoms with Crippen LogP contribution in [0.15, 0.2) is 53.4 Å². The van der Waals surface area contributed by atoms with Crippen LogP contribution in [0.1, 0.15) is 16.1 Å². The van der Waals surface area contributed by atoms with Crippen LogP contribution in [0.5, 0.6) is 0 Å². The highest BCUT2D eigenvalue weighted by Gasteiger charge is 2.18. The van der Waals surface area contributed by atoms with Crippen LogP contribution in [0, 0.1) is 0 Å². The third kappa shape index (κ3) is 2.84. The highest BCUT2D eigenvalue weighted by atomic mass is 35.5. The van der Waals surface area contributed by atoms with Crippen LogP contribution in [0.3, 0.4) is 0 Å². The third-order valence-electron chi connectivity index (χ3n) is 3.69. The molecule has 0 radical (unpaired) electrons. The van der Waals surface area contributed by atoms with Crippen molar-refractivity contribution in [2.24, 2.45) is 0 Å². The van der Waals surface area contributed by atoms with Crippen molar-refractivity contribution in [1.29, 1.82) is 0 Å². The minimum Gasteiger partial charge on any atom is -0.331 e. The summed E-state index contributed by atoms with van der Waals surface area (Å²) in [5.74, 6) is -0.166. The van der Waals surface area contributed by atoms with E-state index in [0.29, 0.717) is 22.4 Å². The summed E-state index contributed by atoms with van der Waals surface area (Å²) in [5, 5.41) is 7.99. The van der Waals surface area contributed by atoms with Crippen molar-refractivity contribution >= 4 is 55.5 Å². The van der Waals surface area contributed by atoms with Gasteiger partial charge >= 0.3 is 0 Å². The van der Waals surface area contributed by atoms with Crippen molar-refractivity contribution in [3.8, 4) is 0 Å². The fourth-order valence-electron chi connectivity index (χ4n) is 2.58. The van der Waals surface area contributed by atoms with Gasteiger partial charge in [0.15, 0.2) is 5.13 Å². The van der Waals surface area contributed by atoms with Gasteiger partial charge < -0.3 is 4.57 Å². The van der Waals surface area contributed by atoms with Crippen molar-refractivity contribution in [2.45, 2.75) is 6.54 Å². The molecule has 1 amide bonds. The molecule has 0 aliphatic heterocycles. The molecule has 0 spiro atoms. The first kappa shape index (κ1) is 15.4. The van der Waals surface area contributed by atoms with Crippen LogP contribution in [0.25, 0.3) is 10.2 Å². The number of hydrogen-bond acceptors (Lipinski definition) is 4. The number of benzene rings is 1. The molecule has 0 fully saturated rings. The van der Waals surface area contributed by atoms with E-state index in [2.05, 4.69) is 10.3 Å². The smallest absolute Gasteiger partial charge is 0.274 e. The molecule has 0 atom stereocenters. The number of hydrogen-bond donors (Lipinski definition) is 1. The van der Waals surface area contributed by atoms with Crippen LogP contribution in [0.2, 0.25) is 5.02 Å². The van der Waals surface area contributed by atoms with E-state index in [-0.39, 0.29) is 5.91 Å². The Bertz CT molecular complexity index is 1000. The maximum atomic E-state index is 12.7. The number of rotatable bonds is 4. The Morgan fingerprint density at radius 3 is 2.88 bits per heavy atom. The van der Waals surface area contributed by atoms with Gasteiger partial charge in [-0.2, -0.15) is 0 Å². The van der Waals surface area contributed by atoms with Crippen molar-refractivity contribution in [3.63, 3.8) is 0 Å². The number of carbonyl (C=O) groups excluding carboxylic acids is 1. The Labute approximate surface area is 151 Å². The van der Waals surface area contributed by atoms with E-state index in [9.17, 15) is 4.79 Å². The molecule has 1 aromatic carbocycles. The van der Waals surface area contributed by atoms with Gasteiger partial charge in [0, 0.05) is 23.1 Å². The number of aromatic nitrogens is 2. The molecule has 24 heavy (non-hydrogen) atoms. The summed E-state index contributed by atoms with van der Waals surface area (Å²) in [4.78, 5) is 16.8. The van der Waals surface area contributed by atoms with Crippen LogP contribution < -0.4 is 5.32 Å². The fourth-order valence-corrected chi connectivity index (χ4v) is 4.12. The summed E-state index contributed by atoms with van der Waals surface area (Å²) in [6.45, 7) is 0.542. The molecule has 120 valence electrons. The molecular formula is C17H12ClN3OS2. The molecule has 0 aliphatic carbocycles. The largest absolute Gasteiger partial charge is 0.331 e. The number of amides is 1. The second-order valence-electron chi connectivity index (χ2n) is 5.17. The Hall–Kier alpha value is -2.15. The first-order valence-corrected chi connectivity index (χ1v) is 9.37. The lowest BCUT2D eigenvalue weighted by Crippen LogP contribution is -2.17. The highest BCUT2D eigenvalue weighted by Crippen LogP contribution is 2.28. The summed E-state index contributed by atoms with van der Waals surface area (Å²) in [6, 6.07) is 11.6. The monoisotopic (exact) mass is 373 g/mol. The van der Waals surface area contributed by atoms with E-state index in [1.807, 2.05) is 51.7 Å². The predicted octanol–water partition coefficient (Wildman–Crippen LogP) is 5.11. The van der Waals surface area contributed by atoms with E-state index < -0.39 is 0 Å². The zero-order chi connectivity index (χ0) is 16.5. The summed E-state index contributed by atoms with van der Waals surface area (Å²) in [5.41, 5.74) is 2.61. The summed E-state index contributed by atoms with van der Waals surface area (Å²) < 4.78 is 3.07. The van der Waals surface area contributed by atoms with Crippen molar-refractivity contribution < 1.29 is 4.79 Å². The average molecular weight is 374 g/mol. The van der Waals surface area contributed by atoms with Gasteiger partial charge in [0.25, 0.3) is 5.91 Å². The number of fused-ring (bicyclic) bond motifs is 1.